The number of carbonyl (C=O) groups excluding carboxylic acids is 2. The van der Waals surface area contributed by atoms with Gasteiger partial charge in [0.15, 0.2) is 11.5 Å². The zero-order chi connectivity index (χ0) is 20.7. The molecular weight excluding hydrogens is 356 g/mol. The Balaban J connectivity index is 1.95. The molecule has 0 atom stereocenters. The van der Waals surface area contributed by atoms with Crippen LogP contribution in [0.15, 0.2) is 36.4 Å². The lowest BCUT2D eigenvalue weighted by atomic mass is 10.1. The van der Waals surface area contributed by atoms with Crippen LogP contribution in [0.4, 0.5) is 5.69 Å². The maximum atomic E-state index is 12.3. The SMILES string of the molecule is COc1ccc(CNC(=O)CCN(C(C)=O)c2cc(C)cc(C)c2)cc1OC. The molecule has 6 heteroatoms. The molecule has 0 radical (unpaired) electrons. The third-order valence-electron chi connectivity index (χ3n) is 4.40. The van der Waals surface area contributed by atoms with Crippen LogP contribution in [0.2, 0.25) is 0 Å². The molecule has 2 aromatic carbocycles. The number of nitrogens with zero attached hydrogens (tertiary/aromatic N) is 1. The molecular formula is C22H28N2O4. The van der Waals surface area contributed by atoms with Gasteiger partial charge in [0.2, 0.25) is 11.8 Å². The van der Waals surface area contributed by atoms with Gasteiger partial charge in [0.25, 0.3) is 0 Å². The Morgan fingerprint density at radius 2 is 1.61 bits per heavy atom. The standard InChI is InChI=1S/C22H28N2O4/c1-15-10-16(2)12-19(11-15)24(17(3)25)9-8-22(26)23-14-18-6-7-20(27-4)21(13-18)28-5/h6-7,10-13H,8-9,14H2,1-5H3,(H,23,26). The van der Waals surface area contributed by atoms with Gasteiger partial charge in [0.1, 0.15) is 0 Å². The molecule has 0 spiro atoms. The second kappa shape index (κ2) is 9.78. The van der Waals surface area contributed by atoms with E-state index < -0.39 is 0 Å². The first-order valence-electron chi connectivity index (χ1n) is 9.18. The quantitative estimate of drug-likeness (QED) is 0.758. The summed E-state index contributed by atoms with van der Waals surface area (Å²) in [7, 11) is 3.15. The number of benzene rings is 2. The van der Waals surface area contributed by atoms with Gasteiger partial charge >= 0.3 is 0 Å². The monoisotopic (exact) mass is 384 g/mol. The number of amides is 2. The van der Waals surface area contributed by atoms with Crippen LogP contribution in [-0.2, 0) is 16.1 Å². The van der Waals surface area contributed by atoms with E-state index in [1.165, 1.54) is 6.92 Å². The zero-order valence-electron chi connectivity index (χ0n) is 17.2. The first-order chi connectivity index (χ1) is 13.3. The average molecular weight is 384 g/mol. The Kier molecular flexibility index (Phi) is 7.44. The van der Waals surface area contributed by atoms with E-state index in [1.54, 1.807) is 25.2 Å². The Bertz CT molecular complexity index is 828. The summed E-state index contributed by atoms with van der Waals surface area (Å²) in [4.78, 5) is 26.0. The van der Waals surface area contributed by atoms with E-state index in [0.29, 0.717) is 24.6 Å². The highest BCUT2D eigenvalue weighted by atomic mass is 16.5. The van der Waals surface area contributed by atoms with Crippen LogP contribution in [0, 0.1) is 13.8 Å². The molecule has 0 bridgehead atoms. The maximum Gasteiger partial charge on any atom is 0.223 e. The smallest absolute Gasteiger partial charge is 0.223 e. The lowest BCUT2D eigenvalue weighted by molar-refractivity contribution is -0.121. The molecule has 0 heterocycles. The second-order valence-corrected chi connectivity index (χ2v) is 6.73. The number of nitrogens with one attached hydrogen (secondary N) is 1. The van der Waals surface area contributed by atoms with Gasteiger partial charge in [-0.05, 0) is 54.8 Å². The molecule has 6 nitrogen and oxygen atoms in total. The Hall–Kier alpha value is -3.02. The minimum Gasteiger partial charge on any atom is -0.493 e. The third kappa shape index (κ3) is 5.74. The summed E-state index contributed by atoms with van der Waals surface area (Å²) < 4.78 is 10.5. The number of ether oxygens (including phenoxy) is 2. The van der Waals surface area contributed by atoms with Crippen LogP contribution < -0.4 is 19.7 Å². The van der Waals surface area contributed by atoms with Crippen molar-refractivity contribution >= 4 is 17.5 Å². The highest BCUT2D eigenvalue weighted by molar-refractivity contribution is 5.92. The minimum atomic E-state index is -0.120. The first kappa shape index (κ1) is 21.3. The van der Waals surface area contributed by atoms with Gasteiger partial charge in [-0.15, -0.1) is 0 Å². The van der Waals surface area contributed by atoms with Crippen LogP contribution >= 0.6 is 0 Å². The highest BCUT2D eigenvalue weighted by Crippen LogP contribution is 2.27. The molecule has 0 aliphatic heterocycles. The summed E-state index contributed by atoms with van der Waals surface area (Å²) in [5, 5.41) is 2.88. The lowest BCUT2D eigenvalue weighted by Crippen LogP contribution is -2.33. The van der Waals surface area contributed by atoms with E-state index in [9.17, 15) is 9.59 Å². The Morgan fingerprint density at radius 1 is 0.964 bits per heavy atom. The molecule has 2 amide bonds. The van der Waals surface area contributed by atoms with E-state index in [-0.39, 0.29) is 18.2 Å². The predicted molar refractivity (Wildman–Crippen MR) is 110 cm³/mol. The molecule has 0 aliphatic rings. The van der Waals surface area contributed by atoms with Gasteiger partial charge in [0.05, 0.1) is 14.2 Å². The second-order valence-electron chi connectivity index (χ2n) is 6.73. The number of hydrogen-bond acceptors (Lipinski definition) is 4. The number of anilines is 1. The summed E-state index contributed by atoms with van der Waals surface area (Å²) in [6.07, 6.45) is 0.222. The number of methoxy groups -OCH3 is 2. The van der Waals surface area contributed by atoms with Crippen molar-refractivity contribution in [3.8, 4) is 11.5 Å². The van der Waals surface area contributed by atoms with Crippen molar-refractivity contribution in [3.05, 3.63) is 53.1 Å². The fourth-order valence-electron chi connectivity index (χ4n) is 3.07. The average Bonchev–Trinajstić information content (AvgIpc) is 2.65. The number of aryl methyl sites for hydroxylation is 2. The normalized spacial score (nSPS) is 10.3. The molecule has 0 saturated heterocycles. The molecule has 0 aliphatic carbocycles. The van der Waals surface area contributed by atoms with E-state index in [2.05, 4.69) is 11.4 Å². The van der Waals surface area contributed by atoms with Gasteiger partial charge in [-0.2, -0.15) is 0 Å². The number of hydrogen-bond donors (Lipinski definition) is 1. The van der Waals surface area contributed by atoms with E-state index >= 15 is 0 Å². The van der Waals surface area contributed by atoms with E-state index in [0.717, 1.165) is 22.4 Å². The molecule has 28 heavy (non-hydrogen) atoms. The van der Waals surface area contributed by atoms with Crippen LogP contribution in [-0.4, -0.2) is 32.6 Å². The largest absolute Gasteiger partial charge is 0.493 e. The van der Waals surface area contributed by atoms with Crippen molar-refractivity contribution in [1.82, 2.24) is 5.32 Å². The van der Waals surface area contributed by atoms with Crippen molar-refractivity contribution in [2.45, 2.75) is 33.7 Å². The van der Waals surface area contributed by atoms with Crippen LogP contribution in [0.3, 0.4) is 0 Å². The van der Waals surface area contributed by atoms with Gasteiger partial charge in [0, 0.05) is 32.1 Å². The van der Waals surface area contributed by atoms with Crippen molar-refractivity contribution in [3.63, 3.8) is 0 Å². The lowest BCUT2D eigenvalue weighted by Gasteiger charge is -2.22. The fraction of sp³-hybridized carbons (Fsp3) is 0.364. The third-order valence-corrected chi connectivity index (χ3v) is 4.40. The number of carbonyl (C=O) groups is 2. The van der Waals surface area contributed by atoms with Crippen molar-refractivity contribution in [2.24, 2.45) is 0 Å². The molecule has 0 unspecified atom stereocenters. The molecule has 0 aromatic heterocycles. The first-order valence-corrected chi connectivity index (χ1v) is 9.18. The van der Waals surface area contributed by atoms with Gasteiger partial charge in [-0.25, -0.2) is 0 Å². The van der Waals surface area contributed by atoms with Crippen molar-refractivity contribution in [1.29, 1.82) is 0 Å². The molecule has 1 N–H and O–H groups in total. The van der Waals surface area contributed by atoms with Crippen molar-refractivity contribution in [2.75, 3.05) is 25.7 Å². The van der Waals surface area contributed by atoms with Crippen LogP contribution in [0.5, 0.6) is 11.5 Å². The summed E-state index contributed by atoms with van der Waals surface area (Å²) >= 11 is 0. The fourth-order valence-corrected chi connectivity index (χ4v) is 3.07. The minimum absolute atomic E-state index is 0.0855. The summed E-state index contributed by atoms with van der Waals surface area (Å²) in [5.41, 5.74) is 3.89. The van der Waals surface area contributed by atoms with Gasteiger partial charge in [-0.1, -0.05) is 12.1 Å². The highest BCUT2D eigenvalue weighted by Gasteiger charge is 2.14. The predicted octanol–water partition coefficient (Wildman–Crippen LogP) is 3.38. The van der Waals surface area contributed by atoms with E-state index in [4.69, 9.17) is 9.47 Å². The molecule has 2 rings (SSSR count). The summed E-state index contributed by atoms with van der Waals surface area (Å²) in [6.45, 7) is 6.20. The van der Waals surface area contributed by atoms with E-state index in [1.807, 2.05) is 38.1 Å². The number of rotatable bonds is 8. The summed E-state index contributed by atoms with van der Waals surface area (Å²) in [5.74, 6) is 1.05. The molecule has 0 saturated carbocycles. The topological polar surface area (TPSA) is 67.9 Å². The Labute approximate surface area is 166 Å². The molecule has 0 fully saturated rings. The van der Waals surface area contributed by atoms with Crippen molar-refractivity contribution < 1.29 is 19.1 Å². The van der Waals surface area contributed by atoms with Crippen LogP contribution in [0.1, 0.15) is 30.0 Å². The molecule has 2 aromatic rings. The zero-order valence-corrected chi connectivity index (χ0v) is 17.2. The van der Waals surface area contributed by atoms with Crippen LogP contribution in [0.25, 0.3) is 0 Å². The maximum absolute atomic E-state index is 12.3. The van der Waals surface area contributed by atoms with Gasteiger partial charge in [-0.3, -0.25) is 9.59 Å². The molecule has 150 valence electrons. The summed E-state index contributed by atoms with van der Waals surface area (Å²) in [6, 6.07) is 11.5. The Morgan fingerprint density at radius 3 is 2.18 bits per heavy atom. The van der Waals surface area contributed by atoms with Gasteiger partial charge < -0.3 is 19.7 Å².